The summed E-state index contributed by atoms with van der Waals surface area (Å²) in [4.78, 5) is 22.0. The zero-order valence-corrected chi connectivity index (χ0v) is 22.0. The number of nitrogens with zero attached hydrogens (tertiary/aromatic N) is 2. The molecule has 0 fully saturated rings. The molecule has 3 rings (SSSR count). The molecular weight excluding hydrogens is 555 g/mol. The highest BCUT2D eigenvalue weighted by molar-refractivity contribution is 7.90. The van der Waals surface area contributed by atoms with Gasteiger partial charge in [0.15, 0.2) is 15.8 Å². The van der Waals surface area contributed by atoms with Crippen LogP contribution in [0, 0.1) is 0 Å². The number of hydrogen-bond donors (Lipinski definition) is 4. The number of amides is 1. The number of ether oxygens (including phenoxy) is 1. The number of H-pyrrole nitrogens is 1. The average Bonchev–Trinajstić information content (AvgIpc) is 3.26. The quantitative estimate of drug-likeness (QED) is 0.214. The van der Waals surface area contributed by atoms with Crippen molar-refractivity contribution in [2.24, 2.45) is 16.5 Å². The van der Waals surface area contributed by atoms with Crippen LogP contribution in [-0.4, -0.2) is 51.5 Å². The first-order valence-electron chi connectivity index (χ1n) is 9.69. The Bertz CT molecular complexity index is 1420. The molecule has 36 heavy (non-hydrogen) atoms. The Morgan fingerprint density at radius 1 is 1.08 bits per heavy atom. The fraction of sp³-hybridized carbons (Fsp3) is 0.150. The molecule has 16 heteroatoms. The number of sulfone groups is 1. The van der Waals surface area contributed by atoms with E-state index in [2.05, 4.69) is 19.7 Å². The molecule has 2 aromatic carbocycles. The number of guanidine groups is 1. The van der Waals surface area contributed by atoms with Crippen molar-refractivity contribution in [3.63, 3.8) is 0 Å². The summed E-state index contributed by atoms with van der Waals surface area (Å²) < 4.78 is 57.6. The van der Waals surface area contributed by atoms with Gasteiger partial charge in [-0.2, -0.15) is 4.99 Å². The normalized spacial score (nSPS) is 11.0. The topological polar surface area (TPSA) is 200 Å². The number of benzene rings is 2. The van der Waals surface area contributed by atoms with Crippen LogP contribution in [0.15, 0.2) is 69.8 Å². The lowest BCUT2D eigenvalue weighted by molar-refractivity contribution is 0.100. The number of halogens is 2. The summed E-state index contributed by atoms with van der Waals surface area (Å²) in [7, 11) is -7.57. The van der Waals surface area contributed by atoms with Crippen LogP contribution in [0.1, 0.15) is 16.1 Å². The minimum atomic E-state index is -3.80. The first kappa shape index (κ1) is 30.9. The standard InChI is InChI=1S/C20H22N6O6S2.2ClH/c1-33(28,29)18-10-13(19(27)26-20(21)22)2-7-17(18)32-15-3-5-16(6-4-15)34(30,31)25-9-8-14-11-23-12-24-14;;/h2-7,10-12,25H,8-9H2,1H3,(H,23,24)(H4,21,22,26,27);2*1H. The highest BCUT2D eigenvalue weighted by Gasteiger charge is 2.19. The fourth-order valence-corrected chi connectivity index (χ4v) is 4.68. The third-order valence-corrected chi connectivity index (χ3v) is 7.01. The van der Waals surface area contributed by atoms with Gasteiger partial charge < -0.3 is 21.2 Å². The van der Waals surface area contributed by atoms with Crippen molar-refractivity contribution in [3.05, 3.63) is 66.2 Å². The van der Waals surface area contributed by atoms with Crippen molar-refractivity contribution >= 4 is 56.5 Å². The summed E-state index contributed by atoms with van der Waals surface area (Å²) in [6, 6.07) is 9.10. The van der Waals surface area contributed by atoms with Gasteiger partial charge in [-0.1, -0.05) is 0 Å². The summed E-state index contributed by atoms with van der Waals surface area (Å²) in [6.45, 7) is 0.161. The Hall–Kier alpha value is -3.17. The molecule has 0 atom stereocenters. The van der Waals surface area contributed by atoms with Gasteiger partial charge in [-0.25, -0.2) is 26.5 Å². The largest absolute Gasteiger partial charge is 0.456 e. The van der Waals surface area contributed by atoms with Crippen LogP contribution in [0.3, 0.4) is 0 Å². The fourth-order valence-electron chi connectivity index (χ4n) is 2.84. The first-order chi connectivity index (χ1) is 16.0. The van der Waals surface area contributed by atoms with E-state index in [1.54, 1.807) is 6.20 Å². The Labute approximate surface area is 220 Å². The number of sulfonamides is 1. The summed E-state index contributed by atoms with van der Waals surface area (Å²) in [5.41, 5.74) is 11.1. The Morgan fingerprint density at radius 3 is 2.31 bits per heavy atom. The van der Waals surface area contributed by atoms with Crippen molar-refractivity contribution in [1.82, 2.24) is 14.7 Å². The number of aromatic amines is 1. The number of rotatable bonds is 9. The van der Waals surface area contributed by atoms with E-state index in [0.717, 1.165) is 18.0 Å². The molecule has 196 valence electrons. The van der Waals surface area contributed by atoms with E-state index in [9.17, 15) is 21.6 Å². The van der Waals surface area contributed by atoms with Gasteiger partial charge in [-0.15, -0.1) is 24.8 Å². The van der Waals surface area contributed by atoms with Gasteiger partial charge in [0, 0.05) is 31.0 Å². The first-order valence-corrected chi connectivity index (χ1v) is 13.1. The third-order valence-electron chi connectivity index (χ3n) is 4.41. The summed E-state index contributed by atoms with van der Waals surface area (Å²) in [5.74, 6) is -1.15. The summed E-state index contributed by atoms with van der Waals surface area (Å²) >= 11 is 0. The SMILES string of the molecule is CS(=O)(=O)c1cc(C(=O)N=C(N)N)ccc1Oc1ccc(S(=O)(=O)NCCc2c[nH]cn2)cc1.Cl.Cl. The van der Waals surface area contributed by atoms with Gasteiger partial charge >= 0.3 is 0 Å². The van der Waals surface area contributed by atoms with E-state index in [0.29, 0.717) is 6.42 Å². The van der Waals surface area contributed by atoms with E-state index < -0.39 is 31.7 Å². The molecule has 0 unspecified atom stereocenters. The predicted molar refractivity (Wildman–Crippen MR) is 138 cm³/mol. The number of nitrogens with one attached hydrogen (secondary N) is 2. The highest BCUT2D eigenvalue weighted by Crippen LogP contribution is 2.30. The molecule has 0 spiro atoms. The Kier molecular flexibility index (Phi) is 10.9. The number of carbonyl (C=O) groups is 1. The van der Waals surface area contributed by atoms with E-state index in [4.69, 9.17) is 16.2 Å². The summed E-state index contributed by atoms with van der Waals surface area (Å²) in [6.07, 6.45) is 4.55. The molecule has 0 saturated carbocycles. The van der Waals surface area contributed by atoms with Crippen LogP contribution in [0.2, 0.25) is 0 Å². The van der Waals surface area contributed by atoms with E-state index in [1.807, 2.05) is 0 Å². The lowest BCUT2D eigenvalue weighted by Gasteiger charge is -2.12. The third kappa shape index (κ3) is 8.20. The summed E-state index contributed by atoms with van der Waals surface area (Å²) in [5, 5.41) is 0. The van der Waals surface area contributed by atoms with Gasteiger partial charge in [-0.3, -0.25) is 4.79 Å². The van der Waals surface area contributed by atoms with Crippen molar-refractivity contribution < 1.29 is 26.4 Å². The van der Waals surface area contributed by atoms with Crippen LogP contribution in [0.4, 0.5) is 0 Å². The van der Waals surface area contributed by atoms with E-state index >= 15 is 0 Å². The van der Waals surface area contributed by atoms with Crippen molar-refractivity contribution in [2.75, 3.05) is 12.8 Å². The van der Waals surface area contributed by atoms with E-state index in [1.165, 1.54) is 42.7 Å². The number of imidazole rings is 1. The molecule has 1 amide bonds. The number of nitrogens with two attached hydrogens (primary N) is 2. The lowest BCUT2D eigenvalue weighted by atomic mass is 10.2. The zero-order valence-electron chi connectivity index (χ0n) is 18.7. The van der Waals surface area contributed by atoms with Crippen molar-refractivity contribution in [3.8, 4) is 11.5 Å². The molecule has 1 heterocycles. The molecule has 0 aliphatic rings. The van der Waals surface area contributed by atoms with Crippen LogP contribution < -0.4 is 20.9 Å². The molecule has 6 N–H and O–H groups in total. The number of aliphatic imine (C=N–C) groups is 1. The number of hydrogen-bond acceptors (Lipinski definition) is 7. The minimum Gasteiger partial charge on any atom is -0.456 e. The maximum atomic E-state index is 12.5. The number of carbonyl (C=O) groups excluding carboxylic acids is 1. The van der Waals surface area contributed by atoms with Crippen LogP contribution >= 0.6 is 24.8 Å². The predicted octanol–water partition coefficient (Wildman–Crippen LogP) is 1.38. The minimum absolute atomic E-state index is 0. The van der Waals surface area contributed by atoms with Gasteiger partial charge in [0.25, 0.3) is 5.91 Å². The van der Waals surface area contributed by atoms with Crippen LogP contribution in [0.25, 0.3) is 0 Å². The molecule has 3 aromatic rings. The second-order valence-electron chi connectivity index (χ2n) is 7.06. The zero-order chi connectivity index (χ0) is 24.9. The maximum Gasteiger partial charge on any atom is 0.280 e. The molecule has 0 bridgehead atoms. The lowest BCUT2D eigenvalue weighted by Crippen LogP contribution is -2.26. The second-order valence-corrected chi connectivity index (χ2v) is 10.8. The molecule has 12 nitrogen and oxygen atoms in total. The molecule has 1 aromatic heterocycles. The Balaban J connectivity index is 0.00000324. The van der Waals surface area contributed by atoms with Crippen LogP contribution in [0.5, 0.6) is 11.5 Å². The smallest absolute Gasteiger partial charge is 0.280 e. The highest BCUT2D eigenvalue weighted by atomic mass is 35.5. The molecule has 0 saturated heterocycles. The molecule has 0 aliphatic heterocycles. The monoisotopic (exact) mass is 578 g/mol. The number of aromatic nitrogens is 2. The van der Waals surface area contributed by atoms with Crippen LogP contribution in [-0.2, 0) is 26.3 Å². The van der Waals surface area contributed by atoms with Gasteiger partial charge in [0.1, 0.15) is 16.4 Å². The molecule has 0 radical (unpaired) electrons. The van der Waals surface area contributed by atoms with Crippen molar-refractivity contribution in [1.29, 1.82) is 0 Å². The van der Waals surface area contributed by atoms with Gasteiger partial charge in [0.2, 0.25) is 10.0 Å². The van der Waals surface area contributed by atoms with E-state index in [-0.39, 0.29) is 58.2 Å². The second kappa shape index (κ2) is 12.7. The average molecular weight is 579 g/mol. The Morgan fingerprint density at radius 2 is 1.75 bits per heavy atom. The van der Waals surface area contributed by atoms with Gasteiger partial charge in [0.05, 0.1) is 16.9 Å². The molecule has 0 aliphatic carbocycles. The molecular formula is C20H24Cl2N6O6S2. The van der Waals surface area contributed by atoms with Crippen molar-refractivity contribution in [2.45, 2.75) is 16.2 Å². The van der Waals surface area contributed by atoms with Gasteiger partial charge in [-0.05, 0) is 42.5 Å². The maximum absolute atomic E-state index is 12.5.